The Bertz CT molecular complexity index is 399. The van der Waals surface area contributed by atoms with Crippen LogP contribution in [0.5, 0.6) is 0 Å². The summed E-state index contributed by atoms with van der Waals surface area (Å²) in [5.74, 6) is 0. The maximum absolute atomic E-state index is 11.5. The van der Waals surface area contributed by atoms with E-state index in [0.717, 1.165) is 4.47 Å². The average Bonchev–Trinajstić information content (AvgIpc) is 2.08. The lowest BCUT2D eigenvalue weighted by atomic mass is 10.1. The molecule has 0 fully saturated rings. The van der Waals surface area contributed by atoms with Crippen molar-refractivity contribution in [2.75, 3.05) is 11.1 Å². The maximum Gasteiger partial charge on any atom is 0.319 e. The third-order valence-corrected chi connectivity index (χ3v) is 2.46. The molecule has 4 N–H and O–H groups in total. The van der Waals surface area contributed by atoms with Crippen LogP contribution in [0.25, 0.3) is 0 Å². The van der Waals surface area contributed by atoms with Crippen molar-refractivity contribution in [3.05, 3.63) is 22.7 Å². The molecule has 4 nitrogen and oxygen atoms in total. The summed E-state index contributed by atoms with van der Waals surface area (Å²) in [4.78, 5) is 11.5. The van der Waals surface area contributed by atoms with Gasteiger partial charge in [-0.15, -0.1) is 0 Å². The zero-order valence-corrected chi connectivity index (χ0v) is 11.2. The van der Waals surface area contributed by atoms with E-state index in [1.807, 2.05) is 20.8 Å². The molecule has 88 valence electrons. The van der Waals surface area contributed by atoms with Crippen molar-refractivity contribution in [3.8, 4) is 0 Å². The second kappa shape index (κ2) is 4.74. The molecule has 0 bridgehead atoms. The molecule has 0 heterocycles. The number of hydrogen-bond acceptors (Lipinski definition) is 2. The largest absolute Gasteiger partial charge is 0.398 e. The molecule has 0 unspecified atom stereocenters. The van der Waals surface area contributed by atoms with Crippen molar-refractivity contribution in [2.24, 2.45) is 0 Å². The molecule has 0 radical (unpaired) electrons. The van der Waals surface area contributed by atoms with Crippen LogP contribution in [0.15, 0.2) is 22.7 Å². The maximum atomic E-state index is 11.5. The molecule has 0 saturated carbocycles. The molecular weight excluding hydrogens is 270 g/mol. The molecule has 1 rings (SSSR count). The first-order valence-corrected chi connectivity index (χ1v) is 5.71. The van der Waals surface area contributed by atoms with Crippen molar-refractivity contribution in [1.29, 1.82) is 0 Å². The average molecular weight is 286 g/mol. The summed E-state index contributed by atoms with van der Waals surface area (Å²) in [6.45, 7) is 5.76. The van der Waals surface area contributed by atoms with E-state index in [4.69, 9.17) is 5.73 Å². The molecule has 5 heteroatoms. The van der Waals surface area contributed by atoms with E-state index < -0.39 is 0 Å². The van der Waals surface area contributed by atoms with Gasteiger partial charge in [0.05, 0.1) is 0 Å². The van der Waals surface area contributed by atoms with Gasteiger partial charge >= 0.3 is 6.03 Å². The van der Waals surface area contributed by atoms with Crippen LogP contribution in [0.1, 0.15) is 20.8 Å². The second-order valence-corrected chi connectivity index (χ2v) is 5.42. The van der Waals surface area contributed by atoms with Gasteiger partial charge in [0.15, 0.2) is 0 Å². The Morgan fingerprint density at radius 1 is 1.38 bits per heavy atom. The monoisotopic (exact) mass is 285 g/mol. The van der Waals surface area contributed by atoms with Gasteiger partial charge in [-0.05, 0) is 54.9 Å². The van der Waals surface area contributed by atoms with E-state index in [9.17, 15) is 4.79 Å². The smallest absolute Gasteiger partial charge is 0.319 e. The Labute approximate surface area is 104 Å². The fourth-order valence-corrected chi connectivity index (χ4v) is 1.37. The fourth-order valence-electron chi connectivity index (χ4n) is 1.12. The van der Waals surface area contributed by atoms with Crippen molar-refractivity contribution in [1.82, 2.24) is 5.32 Å². The van der Waals surface area contributed by atoms with Gasteiger partial charge in [-0.1, -0.05) is 0 Å². The van der Waals surface area contributed by atoms with E-state index in [1.165, 1.54) is 0 Å². The third-order valence-electron chi connectivity index (χ3n) is 1.74. The van der Waals surface area contributed by atoms with Gasteiger partial charge < -0.3 is 16.4 Å². The van der Waals surface area contributed by atoms with Crippen LogP contribution < -0.4 is 16.4 Å². The Hall–Kier alpha value is -1.23. The van der Waals surface area contributed by atoms with Gasteiger partial charge in [-0.2, -0.15) is 0 Å². The number of nitrogens with two attached hydrogens (primary N) is 1. The van der Waals surface area contributed by atoms with Crippen molar-refractivity contribution < 1.29 is 4.79 Å². The first kappa shape index (κ1) is 12.8. The minimum Gasteiger partial charge on any atom is -0.398 e. The second-order valence-electron chi connectivity index (χ2n) is 4.57. The van der Waals surface area contributed by atoms with E-state index in [1.54, 1.807) is 18.2 Å². The number of nitrogen functional groups attached to an aromatic ring is 1. The number of amides is 2. The molecule has 16 heavy (non-hydrogen) atoms. The molecule has 0 saturated heterocycles. The first-order chi connectivity index (χ1) is 7.28. The summed E-state index contributed by atoms with van der Waals surface area (Å²) < 4.78 is 0.814. The minimum absolute atomic E-state index is 0.241. The summed E-state index contributed by atoms with van der Waals surface area (Å²) in [5.41, 5.74) is 6.71. The van der Waals surface area contributed by atoms with Crippen LogP contribution in [0.4, 0.5) is 16.2 Å². The molecule has 0 spiro atoms. The molecule has 1 aromatic carbocycles. The quantitative estimate of drug-likeness (QED) is 0.695. The lowest BCUT2D eigenvalue weighted by molar-refractivity contribution is 0.244. The summed E-state index contributed by atoms with van der Waals surface area (Å²) in [7, 11) is 0. The number of benzene rings is 1. The number of nitrogens with one attached hydrogen (secondary N) is 2. The zero-order chi connectivity index (χ0) is 12.3. The van der Waals surface area contributed by atoms with E-state index >= 15 is 0 Å². The van der Waals surface area contributed by atoms with Gasteiger partial charge in [-0.25, -0.2) is 4.79 Å². The highest BCUT2D eigenvalue weighted by atomic mass is 79.9. The standard InChI is InChI=1S/C11H16BrN3O/c1-11(2,3)15-10(16)14-7-4-5-8(12)9(13)6-7/h4-6H,13H2,1-3H3,(H2,14,15,16). The van der Waals surface area contributed by atoms with Crippen LogP contribution in [0, 0.1) is 0 Å². The molecular formula is C11H16BrN3O. The highest BCUT2D eigenvalue weighted by Crippen LogP contribution is 2.22. The summed E-state index contributed by atoms with van der Waals surface area (Å²) in [6, 6.07) is 5.03. The number of urea groups is 1. The predicted molar refractivity (Wildman–Crippen MR) is 70.5 cm³/mol. The van der Waals surface area contributed by atoms with Crippen molar-refractivity contribution in [3.63, 3.8) is 0 Å². The fraction of sp³-hybridized carbons (Fsp3) is 0.364. The van der Waals surface area contributed by atoms with Crippen LogP contribution >= 0.6 is 15.9 Å². The number of halogens is 1. The van der Waals surface area contributed by atoms with Gasteiger partial charge in [-0.3, -0.25) is 0 Å². The third kappa shape index (κ3) is 4.10. The SMILES string of the molecule is CC(C)(C)NC(=O)Nc1ccc(Br)c(N)c1. The van der Waals surface area contributed by atoms with Crippen LogP contribution in [0.3, 0.4) is 0 Å². The van der Waals surface area contributed by atoms with Gasteiger partial charge in [0.25, 0.3) is 0 Å². The molecule has 0 atom stereocenters. The first-order valence-electron chi connectivity index (χ1n) is 4.92. The highest BCUT2D eigenvalue weighted by Gasteiger charge is 2.13. The molecule has 0 aliphatic carbocycles. The van der Waals surface area contributed by atoms with E-state index in [0.29, 0.717) is 11.4 Å². The molecule has 0 aromatic heterocycles. The Morgan fingerprint density at radius 3 is 2.50 bits per heavy atom. The van der Waals surface area contributed by atoms with Gasteiger partial charge in [0.2, 0.25) is 0 Å². The van der Waals surface area contributed by atoms with Crippen molar-refractivity contribution >= 4 is 33.3 Å². The van der Waals surface area contributed by atoms with Gasteiger partial charge in [0, 0.05) is 21.4 Å². The highest BCUT2D eigenvalue weighted by molar-refractivity contribution is 9.10. The topological polar surface area (TPSA) is 67.2 Å². The Balaban J connectivity index is 2.67. The van der Waals surface area contributed by atoms with Crippen LogP contribution in [-0.2, 0) is 0 Å². The summed E-state index contributed by atoms with van der Waals surface area (Å²) >= 11 is 3.29. The van der Waals surface area contributed by atoms with E-state index in [-0.39, 0.29) is 11.6 Å². The molecule has 2 amide bonds. The molecule has 1 aromatic rings. The normalized spacial score (nSPS) is 11.0. The zero-order valence-electron chi connectivity index (χ0n) is 9.60. The Morgan fingerprint density at radius 2 is 2.00 bits per heavy atom. The van der Waals surface area contributed by atoms with Crippen LogP contribution in [0.2, 0.25) is 0 Å². The number of carbonyl (C=O) groups excluding carboxylic acids is 1. The lowest BCUT2D eigenvalue weighted by Gasteiger charge is -2.20. The number of carbonyl (C=O) groups is 1. The lowest BCUT2D eigenvalue weighted by Crippen LogP contribution is -2.43. The van der Waals surface area contributed by atoms with Crippen molar-refractivity contribution in [2.45, 2.75) is 26.3 Å². The molecule has 0 aliphatic heterocycles. The van der Waals surface area contributed by atoms with Crippen LogP contribution in [-0.4, -0.2) is 11.6 Å². The summed E-state index contributed by atoms with van der Waals surface area (Å²) in [6.07, 6.45) is 0. The van der Waals surface area contributed by atoms with E-state index in [2.05, 4.69) is 26.6 Å². The minimum atomic E-state index is -0.259. The predicted octanol–water partition coefficient (Wildman–Crippen LogP) is 2.95. The number of hydrogen-bond donors (Lipinski definition) is 3. The molecule has 0 aliphatic rings. The van der Waals surface area contributed by atoms with Gasteiger partial charge in [0.1, 0.15) is 0 Å². The number of rotatable bonds is 1. The Kier molecular flexibility index (Phi) is 3.80. The summed E-state index contributed by atoms with van der Waals surface area (Å²) in [5, 5.41) is 5.51. The number of anilines is 2.